The molecule has 2 atom stereocenters. The Labute approximate surface area is 210 Å². The largest absolute Gasteiger partial charge is 0.377 e. The van der Waals surface area contributed by atoms with Crippen molar-refractivity contribution < 1.29 is 4.74 Å². The van der Waals surface area contributed by atoms with E-state index in [4.69, 9.17) is 4.74 Å². The van der Waals surface area contributed by atoms with Crippen molar-refractivity contribution in [2.45, 2.75) is 97.0 Å². The van der Waals surface area contributed by atoms with Crippen LogP contribution in [0.25, 0.3) is 0 Å². The lowest BCUT2D eigenvalue weighted by Gasteiger charge is -2.33. The summed E-state index contributed by atoms with van der Waals surface area (Å²) in [6.45, 7) is 4.67. The number of hydrogen-bond acceptors (Lipinski definition) is 1. The normalized spacial score (nSPS) is 20.4. The number of allylic oxidation sites excluding steroid dienone is 2. The van der Waals surface area contributed by atoms with E-state index in [9.17, 15) is 0 Å². The van der Waals surface area contributed by atoms with E-state index in [0.717, 1.165) is 37.0 Å². The second-order valence-corrected chi connectivity index (χ2v) is 10.6. The van der Waals surface area contributed by atoms with Gasteiger partial charge in [0.15, 0.2) is 0 Å². The van der Waals surface area contributed by atoms with Crippen molar-refractivity contribution in [2.75, 3.05) is 7.11 Å². The fraction of sp³-hybridized carbons (Fsp3) is 0.576. The molecule has 0 aliphatic heterocycles. The van der Waals surface area contributed by atoms with Gasteiger partial charge < -0.3 is 4.74 Å². The molecule has 0 amide bonds. The molecule has 0 bridgehead atoms. The predicted octanol–water partition coefficient (Wildman–Crippen LogP) is 9.52. The number of methoxy groups -OCH3 is 1. The molecule has 2 unspecified atom stereocenters. The smallest absolute Gasteiger partial charge is 0.0821 e. The highest BCUT2D eigenvalue weighted by molar-refractivity contribution is 5.24. The number of aryl methyl sites for hydroxylation is 1. The van der Waals surface area contributed by atoms with Crippen LogP contribution in [0, 0.1) is 17.8 Å². The van der Waals surface area contributed by atoms with Crippen LogP contribution in [0.15, 0.2) is 66.7 Å². The van der Waals surface area contributed by atoms with Gasteiger partial charge in [-0.25, -0.2) is 0 Å². The van der Waals surface area contributed by atoms with Crippen molar-refractivity contribution in [3.05, 3.63) is 83.4 Å². The molecule has 1 saturated carbocycles. The minimum Gasteiger partial charge on any atom is -0.377 e. The summed E-state index contributed by atoms with van der Waals surface area (Å²) in [5.74, 6) is 2.69. The summed E-state index contributed by atoms with van der Waals surface area (Å²) in [4.78, 5) is 0. The summed E-state index contributed by atoms with van der Waals surface area (Å²) in [5, 5.41) is 0. The van der Waals surface area contributed by atoms with Gasteiger partial charge >= 0.3 is 0 Å². The number of unbranched alkanes of at least 4 members (excludes halogenated alkanes) is 1. The van der Waals surface area contributed by atoms with E-state index in [1.165, 1.54) is 74.5 Å². The third-order valence-electron chi connectivity index (χ3n) is 8.14. The van der Waals surface area contributed by atoms with Crippen LogP contribution in [0.4, 0.5) is 0 Å². The quantitative estimate of drug-likeness (QED) is 0.201. The maximum Gasteiger partial charge on any atom is 0.0821 e. The first-order chi connectivity index (χ1) is 16.7. The Morgan fingerprint density at radius 2 is 1.56 bits per heavy atom. The molecular formula is C33H48O. The molecule has 0 heterocycles. The second kappa shape index (κ2) is 15.2. The fourth-order valence-electron chi connectivity index (χ4n) is 5.77. The summed E-state index contributed by atoms with van der Waals surface area (Å²) < 4.78 is 5.80. The molecule has 0 radical (unpaired) electrons. The van der Waals surface area contributed by atoms with Gasteiger partial charge in [0, 0.05) is 7.11 Å². The average molecular weight is 461 g/mol. The molecule has 1 aliphatic rings. The van der Waals surface area contributed by atoms with Gasteiger partial charge in [0.05, 0.1) is 6.10 Å². The van der Waals surface area contributed by atoms with Gasteiger partial charge in [-0.05, 0) is 85.8 Å². The lowest BCUT2D eigenvalue weighted by molar-refractivity contribution is 0.0833. The molecule has 1 aliphatic carbocycles. The first kappa shape index (κ1) is 26.7. The predicted molar refractivity (Wildman–Crippen MR) is 147 cm³/mol. The van der Waals surface area contributed by atoms with Crippen LogP contribution in [0.3, 0.4) is 0 Å². The topological polar surface area (TPSA) is 9.23 Å². The zero-order valence-corrected chi connectivity index (χ0v) is 22.1. The van der Waals surface area contributed by atoms with E-state index in [0.29, 0.717) is 0 Å². The van der Waals surface area contributed by atoms with Crippen LogP contribution in [-0.4, -0.2) is 7.11 Å². The summed E-state index contributed by atoms with van der Waals surface area (Å²) in [6.07, 6.45) is 20.5. The molecule has 0 aromatic heterocycles. The summed E-state index contributed by atoms with van der Waals surface area (Å²) in [5.41, 5.74) is 4.25. The Kier molecular flexibility index (Phi) is 12.0. The monoisotopic (exact) mass is 460 g/mol. The minimum atomic E-state index is 0.245. The number of rotatable bonds is 14. The van der Waals surface area contributed by atoms with Crippen LogP contribution >= 0.6 is 0 Å². The Hall–Kier alpha value is -1.86. The highest BCUT2D eigenvalue weighted by atomic mass is 16.5. The summed E-state index contributed by atoms with van der Waals surface area (Å²) in [7, 11) is 1.86. The third-order valence-corrected chi connectivity index (χ3v) is 8.14. The molecule has 2 aromatic rings. The van der Waals surface area contributed by atoms with Crippen molar-refractivity contribution in [2.24, 2.45) is 17.8 Å². The standard InChI is InChI=1S/C33H48O/c1-4-5-7-12-28-18-20-29(21-19-28)13-10-11-14-30-22-24-31(25-23-30)27(2)17-26-33(34-3)32-15-8-6-9-16-32/h5-9,15-16,18-21,27,30-31,33H,4,10-14,17,22-26H2,1-3H3. The zero-order valence-electron chi connectivity index (χ0n) is 22.1. The van der Waals surface area contributed by atoms with Crippen molar-refractivity contribution in [1.29, 1.82) is 0 Å². The van der Waals surface area contributed by atoms with Gasteiger partial charge in [-0.15, -0.1) is 0 Å². The Bertz CT molecular complexity index is 798. The molecule has 1 nitrogen and oxygen atoms in total. The molecule has 0 N–H and O–H groups in total. The Morgan fingerprint density at radius 3 is 2.24 bits per heavy atom. The van der Waals surface area contributed by atoms with Gasteiger partial charge in [-0.1, -0.05) is 106 Å². The highest BCUT2D eigenvalue weighted by Gasteiger charge is 2.25. The second-order valence-electron chi connectivity index (χ2n) is 10.6. The third kappa shape index (κ3) is 9.06. The summed E-state index contributed by atoms with van der Waals surface area (Å²) >= 11 is 0. The molecule has 34 heavy (non-hydrogen) atoms. The zero-order chi connectivity index (χ0) is 24.0. The molecule has 0 spiro atoms. The van der Waals surface area contributed by atoms with Crippen LogP contribution < -0.4 is 0 Å². The lowest BCUT2D eigenvalue weighted by Crippen LogP contribution is -2.21. The molecule has 186 valence electrons. The fourth-order valence-corrected chi connectivity index (χ4v) is 5.77. The first-order valence-corrected chi connectivity index (χ1v) is 14.0. The summed E-state index contributed by atoms with van der Waals surface area (Å²) in [6, 6.07) is 20.0. The molecule has 1 fully saturated rings. The van der Waals surface area contributed by atoms with E-state index in [1.807, 2.05) is 7.11 Å². The molecule has 1 heteroatoms. The van der Waals surface area contributed by atoms with E-state index in [1.54, 1.807) is 0 Å². The van der Waals surface area contributed by atoms with E-state index in [2.05, 4.69) is 80.6 Å². The van der Waals surface area contributed by atoms with Crippen LogP contribution in [0.2, 0.25) is 0 Å². The van der Waals surface area contributed by atoms with Gasteiger partial charge in [0.2, 0.25) is 0 Å². The van der Waals surface area contributed by atoms with Gasteiger partial charge in [-0.2, -0.15) is 0 Å². The maximum atomic E-state index is 5.80. The van der Waals surface area contributed by atoms with Crippen molar-refractivity contribution in [3.63, 3.8) is 0 Å². The number of benzene rings is 2. The number of ether oxygens (including phenoxy) is 1. The van der Waals surface area contributed by atoms with Crippen LogP contribution in [-0.2, 0) is 17.6 Å². The molecule has 3 rings (SSSR count). The Morgan fingerprint density at radius 1 is 0.853 bits per heavy atom. The number of hydrogen-bond donors (Lipinski definition) is 0. The van der Waals surface area contributed by atoms with Gasteiger partial charge in [0.1, 0.15) is 0 Å². The van der Waals surface area contributed by atoms with Crippen LogP contribution in [0.1, 0.15) is 101 Å². The van der Waals surface area contributed by atoms with E-state index < -0.39 is 0 Å². The first-order valence-electron chi connectivity index (χ1n) is 14.0. The van der Waals surface area contributed by atoms with Crippen LogP contribution in [0.5, 0.6) is 0 Å². The lowest BCUT2D eigenvalue weighted by atomic mass is 9.73. The van der Waals surface area contributed by atoms with Gasteiger partial charge in [0.25, 0.3) is 0 Å². The molecule has 0 saturated heterocycles. The molecule has 2 aromatic carbocycles. The van der Waals surface area contributed by atoms with Crippen molar-refractivity contribution in [1.82, 2.24) is 0 Å². The van der Waals surface area contributed by atoms with Gasteiger partial charge in [-0.3, -0.25) is 0 Å². The van der Waals surface area contributed by atoms with E-state index in [-0.39, 0.29) is 6.10 Å². The minimum absolute atomic E-state index is 0.245. The van der Waals surface area contributed by atoms with Crippen molar-refractivity contribution >= 4 is 0 Å². The average Bonchev–Trinajstić information content (AvgIpc) is 2.89. The van der Waals surface area contributed by atoms with Crippen molar-refractivity contribution in [3.8, 4) is 0 Å². The SMILES string of the molecule is CCC=CCc1ccc(CCCCC2CCC(C(C)CCC(OC)c3ccccc3)CC2)cc1. The molecular weight excluding hydrogens is 412 g/mol. The Balaban J connectivity index is 1.28. The van der Waals surface area contributed by atoms with E-state index >= 15 is 0 Å². The maximum absolute atomic E-state index is 5.80. The highest BCUT2D eigenvalue weighted by Crippen LogP contribution is 2.38.